The van der Waals surface area contributed by atoms with Gasteiger partial charge >= 0.3 is 0 Å². The molecule has 1 aliphatic rings. The molecule has 2 heterocycles. The van der Waals surface area contributed by atoms with Crippen LogP contribution in [0.5, 0.6) is 0 Å². The molecule has 7 nitrogen and oxygen atoms in total. The van der Waals surface area contributed by atoms with E-state index in [1.807, 2.05) is 111 Å². The van der Waals surface area contributed by atoms with Gasteiger partial charge in [-0.25, -0.2) is 0 Å². The van der Waals surface area contributed by atoms with Gasteiger partial charge in [0.15, 0.2) is 0 Å². The molecule has 0 saturated carbocycles. The number of ketones is 1. The van der Waals surface area contributed by atoms with E-state index in [-0.39, 0.29) is 11.3 Å². The van der Waals surface area contributed by atoms with Crippen molar-refractivity contribution in [3.63, 3.8) is 0 Å². The Morgan fingerprint density at radius 2 is 1.42 bits per heavy atom. The summed E-state index contributed by atoms with van der Waals surface area (Å²) in [4.78, 5) is 35.5. The quantitative estimate of drug-likeness (QED) is 0.241. The van der Waals surface area contributed by atoms with Crippen molar-refractivity contribution < 1.29 is 14.7 Å². The van der Waals surface area contributed by atoms with Crippen LogP contribution < -0.4 is 14.7 Å². The molecule has 1 aliphatic heterocycles. The average molecular weight is 481 g/mol. The zero-order valence-corrected chi connectivity index (χ0v) is 20.7. The first kappa shape index (κ1) is 23.2. The normalized spacial score (nSPS) is 17.1. The standard InChI is InChI=1S/C29H28N4O3/c1-31(2)19-11-9-18(10-12-19)26-25(27(34)23-17-30-24-8-6-5-7-22(23)24)28(35)29(36)33(26)21-15-13-20(14-16-21)32(3)4/h5-17,26,30,34H,1-4H3/b27-25-. The first-order chi connectivity index (χ1) is 17.3. The maximum absolute atomic E-state index is 13.5. The molecule has 1 fully saturated rings. The highest BCUT2D eigenvalue weighted by Gasteiger charge is 2.47. The second-order valence-electron chi connectivity index (χ2n) is 9.31. The summed E-state index contributed by atoms with van der Waals surface area (Å²) in [7, 11) is 7.78. The van der Waals surface area contributed by atoms with E-state index in [0.717, 1.165) is 27.8 Å². The number of benzene rings is 3. The number of carbonyl (C=O) groups excluding carboxylic acids is 2. The summed E-state index contributed by atoms with van der Waals surface area (Å²) in [6.07, 6.45) is 1.67. The Bertz CT molecular complexity index is 1480. The number of H-pyrrole nitrogens is 1. The van der Waals surface area contributed by atoms with E-state index in [1.54, 1.807) is 6.20 Å². The highest BCUT2D eigenvalue weighted by atomic mass is 16.3. The highest BCUT2D eigenvalue weighted by Crippen LogP contribution is 2.43. The van der Waals surface area contributed by atoms with Crippen molar-refractivity contribution in [3.05, 3.63) is 95.7 Å². The van der Waals surface area contributed by atoms with E-state index in [1.165, 1.54) is 4.90 Å². The minimum Gasteiger partial charge on any atom is -0.507 e. The van der Waals surface area contributed by atoms with Crippen LogP contribution in [0.3, 0.4) is 0 Å². The summed E-state index contributed by atoms with van der Waals surface area (Å²) < 4.78 is 0. The van der Waals surface area contributed by atoms with Gasteiger partial charge < -0.3 is 19.9 Å². The first-order valence-corrected chi connectivity index (χ1v) is 11.7. The van der Waals surface area contributed by atoms with Crippen LogP contribution in [-0.2, 0) is 9.59 Å². The maximum Gasteiger partial charge on any atom is 0.300 e. The van der Waals surface area contributed by atoms with Crippen molar-refractivity contribution in [1.82, 2.24) is 4.98 Å². The number of carbonyl (C=O) groups is 2. The Kier molecular flexibility index (Phi) is 5.76. The number of amides is 1. The molecular formula is C29H28N4O3. The fraction of sp³-hybridized carbons (Fsp3) is 0.172. The lowest BCUT2D eigenvalue weighted by Gasteiger charge is -2.26. The van der Waals surface area contributed by atoms with Gasteiger partial charge in [-0.2, -0.15) is 0 Å². The van der Waals surface area contributed by atoms with Gasteiger partial charge in [0.05, 0.1) is 11.6 Å². The van der Waals surface area contributed by atoms with Crippen molar-refractivity contribution in [2.45, 2.75) is 6.04 Å². The monoisotopic (exact) mass is 480 g/mol. The molecule has 0 aliphatic carbocycles. The number of hydrogen-bond donors (Lipinski definition) is 2. The second kappa shape index (κ2) is 8.92. The number of aliphatic hydroxyl groups excluding tert-OH is 1. The summed E-state index contributed by atoms with van der Waals surface area (Å²) in [5.74, 6) is -1.58. The van der Waals surface area contributed by atoms with Gasteiger partial charge in [0, 0.05) is 67.9 Å². The van der Waals surface area contributed by atoms with Gasteiger partial charge in [0.2, 0.25) is 0 Å². The third-order valence-corrected chi connectivity index (χ3v) is 6.66. The average Bonchev–Trinajstić information content (AvgIpc) is 3.43. The molecule has 4 aromatic rings. The predicted molar refractivity (Wildman–Crippen MR) is 145 cm³/mol. The molecule has 2 N–H and O–H groups in total. The lowest BCUT2D eigenvalue weighted by molar-refractivity contribution is -0.132. The predicted octanol–water partition coefficient (Wildman–Crippen LogP) is 4.93. The number of aromatic amines is 1. The molecule has 182 valence electrons. The summed E-state index contributed by atoms with van der Waals surface area (Å²) in [5.41, 5.74) is 4.67. The number of Topliss-reactive ketones (excluding diaryl/α,β-unsaturated/α-hetero) is 1. The zero-order chi connectivity index (χ0) is 25.6. The highest BCUT2D eigenvalue weighted by molar-refractivity contribution is 6.51. The van der Waals surface area contributed by atoms with Crippen LogP contribution >= 0.6 is 0 Å². The van der Waals surface area contributed by atoms with E-state index in [4.69, 9.17) is 0 Å². The fourth-order valence-corrected chi connectivity index (χ4v) is 4.69. The molecule has 0 spiro atoms. The van der Waals surface area contributed by atoms with Crippen molar-refractivity contribution >= 4 is 45.4 Å². The van der Waals surface area contributed by atoms with E-state index < -0.39 is 17.7 Å². The van der Waals surface area contributed by atoms with Crippen molar-refractivity contribution in [3.8, 4) is 0 Å². The SMILES string of the molecule is CN(C)c1ccc(C2/C(=C(/O)c3c[nH]c4ccccc34)C(=O)C(=O)N2c2ccc(N(C)C)cc2)cc1. The van der Waals surface area contributed by atoms with Crippen LogP contribution in [0.2, 0.25) is 0 Å². The van der Waals surface area contributed by atoms with Crippen molar-refractivity contribution in [1.29, 1.82) is 0 Å². The fourth-order valence-electron chi connectivity index (χ4n) is 4.69. The van der Waals surface area contributed by atoms with Crippen LogP contribution in [0.15, 0.2) is 84.6 Å². The number of aromatic nitrogens is 1. The molecule has 1 unspecified atom stereocenters. The summed E-state index contributed by atoms with van der Waals surface area (Å²) >= 11 is 0. The number of nitrogens with one attached hydrogen (secondary N) is 1. The van der Waals surface area contributed by atoms with Crippen LogP contribution in [0.1, 0.15) is 17.2 Å². The van der Waals surface area contributed by atoms with Crippen LogP contribution in [0, 0.1) is 0 Å². The van der Waals surface area contributed by atoms with Gasteiger partial charge in [-0.3, -0.25) is 14.5 Å². The number of rotatable bonds is 5. The van der Waals surface area contributed by atoms with Crippen molar-refractivity contribution in [2.24, 2.45) is 0 Å². The van der Waals surface area contributed by atoms with Gasteiger partial charge in [-0.05, 0) is 48.0 Å². The Labute approximate surface area is 209 Å². The molecule has 36 heavy (non-hydrogen) atoms. The van der Waals surface area contributed by atoms with Gasteiger partial charge in [-0.15, -0.1) is 0 Å². The maximum atomic E-state index is 13.5. The number of hydrogen-bond acceptors (Lipinski definition) is 5. The second-order valence-corrected chi connectivity index (χ2v) is 9.31. The van der Waals surface area contributed by atoms with Gasteiger partial charge in [-0.1, -0.05) is 30.3 Å². The van der Waals surface area contributed by atoms with Crippen LogP contribution in [-0.4, -0.2) is 50.0 Å². The molecule has 3 aromatic carbocycles. The molecule has 0 radical (unpaired) electrons. The van der Waals surface area contributed by atoms with Gasteiger partial charge in [0.25, 0.3) is 11.7 Å². The topological polar surface area (TPSA) is 79.9 Å². The van der Waals surface area contributed by atoms with E-state index in [0.29, 0.717) is 11.3 Å². The Morgan fingerprint density at radius 1 is 0.833 bits per heavy atom. The summed E-state index contributed by atoms with van der Waals surface area (Å²) in [6, 6.07) is 21.9. The lowest BCUT2D eigenvalue weighted by atomic mass is 9.94. The van der Waals surface area contributed by atoms with Crippen LogP contribution in [0.4, 0.5) is 17.1 Å². The van der Waals surface area contributed by atoms with Gasteiger partial charge in [0.1, 0.15) is 5.76 Å². The molecule has 0 bridgehead atoms. The molecule has 1 atom stereocenters. The largest absolute Gasteiger partial charge is 0.507 e. The molecular weight excluding hydrogens is 452 g/mol. The zero-order valence-electron chi connectivity index (χ0n) is 20.7. The Balaban J connectivity index is 1.71. The molecule has 1 aromatic heterocycles. The lowest BCUT2D eigenvalue weighted by Crippen LogP contribution is -2.29. The Morgan fingerprint density at radius 3 is 2.03 bits per heavy atom. The number of para-hydroxylation sites is 1. The van der Waals surface area contributed by atoms with Crippen molar-refractivity contribution in [2.75, 3.05) is 42.9 Å². The van der Waals surface area contributed by atoms with Crippen LogP contribution in [0.25, 0.3) is 16.7 Å². The summed E-state index contributed by atoms with van der Waals surface area (Å²) in [6.45, 7) is 0. The third-order valence-electron chi connectivity index (χ3n) is 6.66. The number of aliphatic hydroxyl groups is 1. The Hall–Kier alpha value is -4.52. The van der Waals surface area contributed by atoms with E-state index in [9.17, 15) is 14.7 Å². The minimum atomic E-state index is -0.778. The van der Waals surface area contributed by atoms with E-state index >= 15 is 0 Å². The first-order valence-electron chi connectivity index (χ1n) is 11.7. The number of nitrogens with zero attached hydrogens (tertiary/aromatic N) is 3. The minimum absolute atomic E-state index is 0.0686. The number of fused-ring (bicyclic) bond motifs is 1. The van der Waals surface area contributed by atoms with E-state index in [2.05, 4.69) is 4.98 Å². The molecule has 1 amide bonds. The smallest absolute Gasteiger partial charge is 0.300 e. The molecule has 5 rings (SSSR count). The summed E-state index contributed by atoms with van der Waals surface area (Å²) in [5, 5.41) is 12.3. The third kappa shape index (κ3) is 3.79. The number of anilines is 3. The molecule has 7 heteroatoms. The molecule has 1 saturated heterocycles.